The Kier molecular flexibility index (Phi) is 10.3. The quantitative estimate of drug-likeness (QED) is 0.737. The molecule has 0 aliphatic heterocycles. The first kappa shape index (κ1) is 15.9. The molecule has 0 saturated heterocycles. The average molecular weight is 296 g/mol. The molecule has 0 unspecified atom stereocenters. The summed E-state index contributed by atoms with van der Waals surface area (Å²) in [6, 6.07) is 0. The van der Waals surface area contributed by atoms with Gasteiger partial charge >= 0.3 is 74.9 Å². The van der Waals surface area contributed by atoms with Crippen LogP contribution in [0.25, 0.3) is 0 Å². The number of hydrogen-bond donors (Lipinski definition) is 1. The summed E-state index contributed by atoms with van der Waals surface area (Å²) >= 11 is 0. The Labute approximate surface area is 131 Å². The molecule has 0 radical (unpaired) electrons. The van der Waals surface area contributed by atoms with Gasteiger partial charge in [-0.05, 0) is 13.8 Å². The van der Waals surface area contributed by atoms with Crippen molar-refractivity contribution in [1.82, 2.24) is 0 Å². The molecule has 0 aliphatic carbocycles. The van der Waals surface area contributed by atoms with Gasteiger partial charge in [-0.15, -0.1) is 0 Å². The second-order valence-corrected chi connectivity index (χ2v) is 2.12. The second-order valence-electron chi connectivity index (χ2n) is 2.12. The molecule has 1 N–H and O–H groups in total. The summed E-state index contributed by atoms with van der Waals surface area (Å²) in [5.74, 6) is -2.58. The van der Waals surface area contributed by atoms with Crippen molar-refractivity contribution in [1.29, 1.82) is 0 Å². The molecule has 0 aromatic heterocycles. The van der Waals surface area contributed by atoms with Crippen molar-refractivity contribution in [3.63, 3.8) is 0 Å². The Morgan fingerprint density at radius 1 is 1.33 bits per heavy atom. The molecule has 0 atom stereocenters. The second kappa shape index (κ2) is 7.81. The molecule has 0 aliphatic rings. The third-order valence-electron chi connectivity index (χ3n) is 1.23. The predicted molar refractivity (Wildman–Crippen MR) is 46.4 cm³/mol. The number of hydrogen-bond acceptors (Lipinski definition) is 3. The van der Waals surface area contributed by atoms with Crippen LogP contribution in [-0.4, -0.2) is 99.0 Å². The first-order valence-corrected chi connectivity index (χ1v) is 3.58. The van der Waals surface area contributed by atoms with Gasteiger partial charge in [0.1, 0.15) is 0 Å². The standard InChI is InChI=1S/C7H14O4.Cs.H/c1-4-10-7(3,6(8)9)11-5-2;;/h4-5H2,1-3H3,(H,8,9);;. The Hall–Kier alpha value is 1.44. The predicted octanol–water partition coefficient (Wildman–Crippen LogP) is 0.212. The van der Waals surface area contributed by atoms with Crippen LogP contribution in [0, 0.1) is 0 Å². The number of ether oxygens (including phenoxy) is 2. The van der Waals surface area contributed by atoms with Crippen LogP contribution < -0.4 is 0 Å². The molecule has 0 aromatic rings. The third kappa shape index (κ3) is 5.23. The molecule has 0 rings (SSSR count). The summed E-state index contributed by atoms with van der Waals surface area (Å²) in [6.07, 6.45) is 0. The Morgan fingerprint density at radius 2 is 1.67 bits per heavy atom. The summed E-state index contributed by atoms with van der Waals surface area (Å²) < 4.78 is 9.82. The van der Waals surface area contributed by atoms with Crippen LogP contribution in [0.3, 0.4) is 0 Å². The molecule has 68 valence electrons. The average Bonchev–Trinajstić information content (AvgIpc) is 1.88. The van der Waals surface area contributed by atoms with E-state index in [1.165, 1.54) is 6.92 Å². The van der Waals surface area contributed by atoms with E-state index >= 15 is 0 Å². The fourth-order valence-corrected chi connectivity index (χ4v) is 0.716. The van der Waals surface area contributed by atoms with Crippen LogP contribution in [0.5, 0.6) is 0 Å². The van der Waals surface area contributed by atoms with Gasteiger partial charge in [0.05, 0.1) is 0 Å². The van der Waals surface area contributed by atoms with Crippen molar-refractivity contribution >= 4 is 74.9 Å². The summed E-state index contributed by atoms with van der Waals surface area (Å²) in [5, 5.41) is 8.64. The summed E-state index contributed by atoms with van der Waals surface area (Å²) in [4.78, 5) is 10.6. The van der Waals surface area contributed by atoms with E-state index < -0.39 is 11.8 Å². The van der Waals surface area contributed by atoms with Crippen molar-refractivity contribution in [2.45, 2.75) is 26.6 Å². The van der Waals surface area contributed by atoms with E-state index in [9.17, 15) is 4.79 Å². The van der Waals surface area contributed by atoms with E-state index in [0.717, 1.165) is 0 Å². The van der Waals surface area contributed by atoms with E-state index in [4.69, 9.17) is 14.6 Å². The van der Waals surface area contributed by atoms with Crippen LogP contribution in [0.1, 0.15) is 20.8 Å². The molecule has 0 aromatic carbocycles. The number of carboxylic acid groups (broad SMARTS) is 1. The molecular formula is C7H15CsO4. The van der Waals surface area contributed by atoms with Crippen molar-refractivity contribution in [3.8, 4) is 0 Å². The molecule has 0 saturated carbocycles. The topological polar surface area (TPSA) is 55.8 Å². The molecule has 0 fully saturated rings. The van der Waals surface area contributed by atoms with Crippen LogP contribution in [-0.2, 0) is 14.3 Å². The molecule has 5 heteroatoms. The van der Waals surface area contributed by atoms with Gasteiger partial charge in [-0.3, -0.25) is 0 Å². The van der Waals surface area contributed by atoms with Gasteiger partial charge < -0.3 is 14.6 Å². The van der Waals surface area contributed by atoms with E-state index in [2.05, 4.69) is 0 Å². The van der Waals surface area contributed by atoms with Gasteiger partial charge in [-0.25, -0.2) is 4.79 Å². The van der Waals surface area contributed by atoms with E-state index in [1.54, 1.807) is 13.8 Å². The molecule has 0 bridgehead atoms. The number of rotatable bonds is 5. The van der Waals surface area contributed by atoms with Crippen molar-refractivity contribution in [2.24, 2.45) is 0 Å². The molecular weight excluding hydrogens is 281 g/mol. The summed E-state index contributed by atoms with van der Waals surface area (Å²) in [6.45, 7) is 5.48. The SMILES string of the molecule is CCOC(C)(OCC)C(=O)O.[CsH]. The molecule has 0 spiro atoms. The van der Waals surface area contributed by atoms with Crippen LogP contribution >= 0.6 is 0 Å². The van der Waals surface area contributed by atoms with Gasteiger partial charge in [0.15, 0.2) is 0 Å². The minimum atomic E-state index is -1.48. The maximum atomic E-state index is 10.6. The Bertz CT molecular complexity index is 131. The zero-order chi connectivity index (χ0) is 8.91. The number of aliphatic carboxylic acids is 1. The van der Waals surface area contributed by atoms with Gasteiger partial charge in [0, 0.05) is 20.1 Å². The van der Waals surface area contributed by atoms with E-state index in [1.807, 2.05) is 0 Å². The van der Waals surface area contributed by atoms with Crippen LogP contribution in [0.15, 0.2) is 0 Å². The van der Waals surface area contributed by atoms with Gasteiger partial charge in [-0.2, -0.15) is 0 Å². The molecule has 12 heavy (non-hydrogen) atoms. The van der Waals surface area contributed by atoms with E-state index in [0.29, 0.717) is 13.2 Å². The fraction of sp³-hybridized carbons (Fsp3) is 0.857. The van der Waals surface area contributed by atoms with Gasteiger partial charge in [0.2, 0.25) is 0 Å². The number of carbonyl (C=O) groups is 1. The summed E-state index contributed by atoms with van der Waals surface area (Å²) in [7, 11) is 0. The molecule has 0 amide bonds. The zero-order valence-electron chi connectivity index (χ0n) is 7.09. The zero-order valence-corrected chi connectivity index (χ0v) is 7.09. The van der Waals surface area contributed by atoms with Crippen molar-refractivity contribution < 1.29 is 19.4 Å². The third-order valence-corrected chi connectivity index (χ3v) is 1.23. The molecule has 4 nitrogen and oxygen atoms in total. The van der Waals surface area contributed by atoms with E-state index in [-0.39, 0.29) is 68.9 Å². The van der Waals surface area contributed by atoms with Crippen molar-refractivity contribution in [2.75, 3.05) is 13.2 Å². The monoisotopic (exact) mass is 296 g/mol. The Morgan fingerprint density at radius 3 is 1.83 bits per heavy atom. The van der Waals surface area contributed by atoms with Crippen LogP contribution in [0.4, 0.5) is 0 Å². The Balaban J connectivity index is 0. The van der Waals surface area contributed by atoms with Crippen LogP contribution in [0.2, 0.25) is 0 Å². The summed E-state index contributed by atoms with van der Waals surface area (Å²) in [5.41, 5.74) is 0. The number of carboxylic acids is 1. The normalized spacial score (nSPS) is 10.6. The van der Waals surface area contributed by atoms with Gasteiger partial charge in [0.25, 0.3) is 5.79 Å². The molecule has 0 heterocycles. The first-order chi connectivity index (χ1) is 5.06. The minimum absolute atomic E-state index is 0. The van der Waals surface area contributed by atoms with Crippen molar-refractivity contribution in [3.05, 3.63) is 0 Å². The maximum absolute atomic E-state index is 10.6. The van der Waals surface area contributed by atoms with Gasteiger partial charge in [-0.1, -0.05) is 0 Å². The first-order valence-electron chi connectivity index (χ1n) is 3.58. The fourth-order valence-electron chi connectivity index (χ4n) is 0.716.